The summed E-state index contributed by atoms with van der Waals surface area (Å²) in [6.45, 7) is 8.27. The first kappa shape index (κ1) is 37.5. The Hall–Kier alpha value is -4.80. The third kappa shape index (κ3) is 8.77. The lowest BCUT2D eigenvalue weighted by molar-refractivity contribution is -0.134. The van der Waals surface area contributed by atoms with Crippen molar-refractivity contribution in [1.82, 2.24) is 20.4 Å². The van der Waals surface area contributed by atoms with E-state index in [2.05, 4.69) is 79.9 Å². The van der Waals surface area contributed by atoms with Crippen molar-refractivity contribution in [1.29, 1.82) is 0 Å². The molecule has 54 heavy (non-hydrogen) atoms. The van der Waals surface area contributed by atoms with Crippen LogP contribution in [0, 0.1) is 5.92 Å². The molecule has 0 saturated carbocycles. The quantitative estimate of drug-likeness (QED) is 0.136. The van der Waals surface area contributed by atoms with E-state index in [1.165, 1.54) is 43.5 Å². The van der Waals surface area contributed by atoms with Gasteiger partial charge in [-0.05, 0) is 105 Å². The number of piperidine rings is 4. The van der Waals surface area contributed by atoms with Crippen LogP contribution >= 0.6 is 0 Å². The normalized spacial score (nSPS) is 22.3. The first-order chi connectivity index (χ1) is 26.3. The number of rotatable bonds is 11. The van der Waals surface area contributed by atoms with Gasteiger partial charge in [-0.1, -0.05) is 54.6 Å². The molecule has 0 radical (unpaired) electrons. The topological polar surface area (TPSA) is 140 Å². The Balaban J connectivity index is 0.870. The molecule has 4 heterocycles. The number of para-hydroxylation sites is 1. The molecule has 0 spiro atoms. The number of carbonyl (C=O) groups is 2. The SMILES string of the molecule is N/C=C(\C=C(/N)c1ccccc1O)N1CCC(CNC2CCN(CC3CCN(c4ccc(C5CCC(=O)NC5=O)cc4)CC3)CC2)(c2ccccc2)CC1. The Kier molecular flexibility index (Phi) is 11.9. The van der Waals surface area contributed by atoms with Gasteiger partial charge < -0.3 is 36.6 Å². The molecule has 3 aromatic rings. The van der Waals surface area contributed by atoms with Crippen LogP contribution in [-0.4, -0.2) is 85.1 Å². The zero-order valence-corrected chi connectivity index (χ0v) is 31.5. The van der Waals surface area contributed by atoms with Crippen LogP contribution in [-0.2, 0) is 15.0 Å². The fourth-order valence-electron chi connectivity index (χ4n) is 9.08. The molecule has 0 aromatic heterocycles. The van der Waals surface area contributed by atoms with Crippen molar-refractivity contribution in [2.24, 2.45) is 17.4 Å². The van der Waals surface area contributed by atoms with Gasteiger partial charge in [-0.15, -0.1) is 0 Å². The summed E-state index contributed by atoms with van der Waals surface area (Å²) in [6, 6.07) is 27.1. The Bertz CT molecular complexity index is 1790. The van der Waals surface area contributed by atoms with Crippen LogP contribution in [0.4, 0.5) is 5.69 Å². The number of benzene rings is 3. The molecule has 4 saturated heterocycles. The second-order valence-corrected chi connectivity index (χ2v) is 15.8. The van der Waals surface area contributed by atoms with Gasteiger partial charge in [-0.25, -0.2) is 0 Å². The van der Waals surface area contributed by atoms with Crippen molar-refractivity contribution in [3.05, 3.63) is 114 Å². The average Bonchev–Trinajstić information content (AvgIpc) is 3.21. The number of imide groups is 1. The molecule has 10 nitrogen and oxygen atoms in total. The Morgan fingerprint density at radius 2 is 1.54 bits per heavy atom. The Morgan fingerprint density at radius 3 is 2.20 bits per heavy atom. The number of hydrogen-bond acceptors (Lipinski definition) is 9. The van der Waals surface area contributed by atoms with Gasteiger partial charge in [-0.3, -0.25) is 14.9 Å². The van der Waals surface area contributed by atoms with Crippen molar-refractivity contribution < 1.29 is 14.7 Å². The van der Waals surface area contributed by atoms with Crippen LogP contribution in [0.15, 0.2) is 96.8 Å². The number of nitrogens with two attached hydrogens (primary N) is 2. The maximum Gasteiger partial charge on any atom is 0.234 e. The number of phenols is 1. The standard InChI is InChI=1S/C44H57N7O3/c45-29-37(28-40(46)39-8-4-5-9-41(39)52)51-26-20-44(21-27-51,34-6-2-1-3-7-34)31-47-35-18-22-49(23-19-35)30-32-16-24-50(25-17-32)36-12-10-33(11-13-36)38-14-15-42(53)48-43(38)54/h1-13,28-29,32,35,38,47,52H,14-27,30-31,45-46H2,(H,48,53,54)/b37-29+,40-28-. The predicted molar refractivity (Wildman–Crippen MR) is 215 cm³/mol. The summed E-state index contributed by atoms with van der Waals surface area (Å²) in [6.07, 6.45) is 11.3. The monoisotopic (exact) mass is 731 g/mol. The predicted octanol–water partition coefficient (Wildman–Crippen LogP) is 5.02. The van der Waals surface area contributed by atoms with Crippen LogP contribution in [0.25, 0.3) is 5.70 Å². The van der Waals surface area contributed by atoms with Gasteiger partial charge in [0.2, 0.25) is 11.8 Å². The molecule has 4 fully saturated rings. The smallest absolute Gasteiger partial charge is 0.234 e. The summed E-state index contributed by atoms with van der Waals surface area (Å²) in [4.78, 5) is 31.3. The van der Waals surface area contributed by atoms with Crippen molar-refractivity contribution in [2.75, 3.05) is 57.3 Å². The molecule has 286 valence electrons. The number of nitrogens with one attached hydrogen (secondary N) is 2. The van der Waals surface area contributed by atoms with Crippen LogP contribution in [0.3, 0.4) is 0 Å². The number of amides is 2. The fourth-order valence-corrected chi connectivity index (χ4v) is 9.08. The molecule has 0 bridgehead atoms. The van der Waals surface area contributed by atoms with E-state index in [-0.39, 0.29) is 28.9 Å². The van der Waals surface area contributed by atoms with Crippen LogP contribution in [0.5, 0.6) is 5.75 Å². The summed E-state index contributed by atoms with van der Waals surface area (Å²) in [5.74, 6) is 0.305. The van der Waals surface area contributed by atoms with Crippen molar-refractivity contribution in [3.63, 3.8) is 0 Å². The molecule has 1 atom stereocenters. The zero-order valence-electron chi connectivity index (χ0n) is 31.5. The summed E-state index contributed by atoms with van der Waals surface area (Å²) in [5, 5.41) is 16.8. The van der Waals surface area contributed by atoms with E-state index in [0.29, 0.717) is 30.1 Å². The Labute approximate surface area is 320 Å². The molecular weight excluding hydrogens is 675 g/mol. The molecule has 4 aliphatic heterocycles. The highest BCUT2D eigenvalue weighted by molar-refractivity contribution is 6.00. The third-order valence-electron chi connectivity index (χ3n) is 12.5. The highest BCUT2D eigenvalue weighted by Gasteiger charge is 2.37. The minimum atomic E-state index is -0.232. The lowest BCUT2D eigenvalue weighted by Gasteiger charge is -2.45. The van der Waals surface area contributed by atoms with E-state index in [4.69, 9.17) is 11.5 Å². The number of likely N-dealkylation sites (tertiary alicyclic amines) is 2. The van der Waals surface area contributed by atoms with Gasteiger partial charge in [0.05, 0.1) is 11.6 Å². The Morgan fingerprint density at radius 1 is 0.852 bits per heavy atom. The van der Waals surface area contributed by atoms with E-state index in [1.807, 2.05) is 18.2 Å². The molecule has 2 amide bonds. The molecular formula is C44H57N7O3. The number of aromatic hydroxyl groups is 1. The van der Waals surface area contributed by atoms with Crippen molar-refractivity contribution in [3.8, 4) is 5.75 Å². The van der Waals surface area contributed by atoms with Crippen molar-refractivity contribution in [2.45, 2.75) is 68.7 Å². The largest absolute Gasteiger partial charge is 0.507 e. The minimum absolute atomic E-state index is 0.0425. The fraction of sp³-hybridized carbons (Fsp3) is 0.455. The van der Waals surface area contributed by atoms with Crippen LogP contribution < -0.4 is 27.0 Å². The second-order valence-electron chi connectivity index (χ2n) is 15.8. The van der Waals surface area contributed by atoms with Gasteiger partial charge in [0.25, 0.3) is 0 Å². The first-order valence-electron chi connectivity index (χ1n) is 19.9. The number of allylic oxidation sites excluding steroid dienone is 1. The number of anilines is 1. The lowest BCUT2D eigenvalue weighted by Crippen LogP contribution is -2.51. The summed E-state index contributed by atoms with van der Waals surface area (Å²) in [7, 11) is 0. The lowest BCUT2D eigenvalue weighted by atomic mass is 9.72. The van der Waals surface area contributed by atoms with Gasteiger partial charge in [0, 0.05) is 80.3 Å². The maximum absolute atomic E-state index is 12.3. The summed E-state index contributed by atoms with van der Waals surface area (Å²) >= 11 is 0. The zero-order chi connectivity index (χ0) is 37.5. The highest BCUT2D eigenvalue weighted by Crippen LogP contribution is 2.37. The maximum atomic E-state index is 12.3. The number of carbonyl (C=O) groups excluding carboxylic acids is 2. The second kappa shape index (κ2) is 17.1. The van der Waals surface area contributed by atoms with E-state index in [0.717, 1.165) is 75.8 Å². The van der Waals surface area contributed by atoms with Gasteiger partial charge >= 0.3 is 0 Å². The first-order valence-corrected chi connectivity index (χ1v) is 19.9. The highest BCUT2D eigenvalue weighted by atomic mass is 16.3. The molecule has 0 aliphatic carbocycles. The average molecular weight is 732 g/mol. The van der Waals surface area contributed by atoms with Gasteiger partial charge in [-0.2, -0.15) is 0 Å². The van der Waals surface area contributed by atoms with Crippen molar-refractivity contribution >= 4 is 23.2 Å². The third-order valence-corrected chi connectivity index (χ3v) is 12.5. The summed E-state index contributed by atoms with van der Waals surface area (Å²) in [5.41, 5.74) is 18.2. The van der Waals surface area contributed by atoms with E-state index in [1.54, 1.807) is 18.3 Å². The molecule has 10 heteroatoms. The molecule has 4 aliphatic rings. The molecule has 1 unspecified atom stereocenters. The van der Waals surface area contributed by atoms with E-state index >= 15 is 0 Å². The summed E-state index contributed by atoms with van der Waals surface area (Å²) < 4.78 is 0. The number of hydrogen-bond donors (Lipinski definition) is 5. The van der Waals surface area contributed by atoms with Crippen LogP contribution in [0.1, 0.15) is 74.0 Å². The number of phenolic OH excluding ortho intramolecular Hbond substituents is 1. The van der Waals surface area contributed by atoms with Gasteiger partial charge in [0.15, 0.2) is 0 Å². The molecule has 7 rings (SSSR count). The minimum Gasteiger partial charge on any atom is -0.507 e. The molecule has 7 N–H and O–H groups in total. The van der Waals surface area contributed by atoms with Crippen LogP contribution in [0.2, 0.25) is 0 Å². The van der Waals surface area contributed by atoms with E-state index < -0.39 is 0 Å². The van der Waals surface area contributed by atoms with E-state index in [9.17, 15) is 14.7 Å². The molecule has 3 aromatic carbocycles. The number of nitrogens with zero attached hydrogens (tertiary/aromatic N) is 3. The van der Waals surface area contributed by atoms with Gasteiger partial charge in [0.1, 0.15) is 5.75 Å².